The molecule has 2 atom stereocenters. The second kappa shape index (κ2) is 68.9. The minimum absolute atomic E-state index is 0.177. The molecule has 0 aliphatic rings. The number of rotatable bonds is 67. The van der Waals surface area contributed by atoms with Gasteiger partial charge in [0.05, 0.1) is 34.4 Å². The van der Waals surface area contributed by atoms with E-state index in [2.05, 4.69) is 123 Å². The summed E-state index contributed by atoms with van der Waals surface area (Å²) in [7, 11) is 5.96. The van der Waals surface area contributed by atoms with Gasteiger partial charge in [0.15, 0.2) is 6.10 Å². The quantitative estimate of drug-likeness (QED) is 0.0211. The second-order valence-electron chi connectivity index (χ2n) is 25.5. The maximum atomic E-state index is 12.9. The van der Waals surface area contributed by atoms with Crippen LogP contribution in [0, 0.1) is 0 Å². The van der Waals surface area contributed by atoms with Crippen molar-refractivity contribution in [3.05, 3.63) is 109 Å². The molecule has 9 heteroatoms. The van der Waals surface area contributed by atoms with Crippen molar-refractivity contribution in [3.63, 3.8) is 0 Å². The molecule has 0 spiro atoms. The molecular formula is C79H138NO8+. The standard InChI is InChI=1S/C79H137NO8/c1-6-8-10-12-14-16-18-20-22-24-26-28-30-32-34-36-38-40-41-43-45-47-49-51-53-55-57-59-61-63-65-67-69-76(81)86-73-75(74-87-79(78(83)84)85-72-71-80(3,4)5)88-77(82)70-68-66-64-62-60-58-56-54-52-50-48-46-44-42-39-37-35-33-31-29-27-25-23-21-19-17-15-13-11-9-7-2/h9,11,15,17,21,23,27,29,33,35,39,42,46,48,52,54,58,60,75,79H,6-8,10,12-14,16,18-20,22,24-26,28,30-32,34,36-38,40-41,43-45,47,49-51,53,55-57,59,61-74H2,1-5H3/p+1/b11-9-,17-15-,23-21-,29-27-,35-33-,42-39-,48-46-,54-52-,60-58-. The van der Waals surface area contributed by atoms with Crippen LogP contribution in [0.3, 0.4) is 0 Å². The molecule has 0 aromatic carbocycles. The molecule has 0 aliphatic carbocycles. The highest BCUT2D eigenvalue weighted by atomic mass is 16.7. The van der Waals surface area contributed by atoms with Crippen molar-refractivity contribution < 1.29 is 42.9 Å². The number of carboxylic acid groups (broad SMARTS) is 1. The highest BCUT2D eigenvalue weighted by Gasteiger charge is 2.25. The average Bonchev–Trinajstić information content (AvgIpc) is 3.50. The number of likely N-dealkylation sites (N-methyl/N-ethyl adjacent to an activating group) is 1. The van der Waals surface area contributed by atoms with Crippen molar-refractivity contribution in [3.8, 4) is 0 Å². The maximum Gasteiger partial charge on any atom is 0.361 e. The molecule has 0 rings (SSSR count). The number of nitrogens with zero attached hydrogens (tertiary/aromatic N) is 1. The Labute approximate surface area is 543 Å². The van der Waals surface area contributed by atoms with Gasteiger partial charge in [0, 0.05) is 12.8 Å². The number of quaternary nitrogens is 1. The lowest BCUT2D eigenvalue weighted by molar-refractivity contribution is -0.870. The molecule has 0 saturated heterocycles. The summed E-state index contributed by atoms with van der Waals surface area (Å²) in [5, 5.41) is 9.75. The largest absolute Gasteiger partial charge is 0.477 e. The highest BCUT2D eigenvalue weighted by Crippen LogP contribution is 2.18. The molecule has 506 valence electrons. The molecule has 0 aromatic rings. The van der Waals surface area contributed by atoms with Crippen molar-refractivity contribution >= 4 is 17.9 Å². The van der Waals surface area contributed by atoms with Crippen LogP contribution in [0.25, 0.3) is 0 Å². The van der Waals surface area contributed by atoms with Gasteiger partial charge in [-0.3, -0.25) is 9.59 Å². The fourth-order valence-electron chi connectivity index (χ4n) is 10.2. The monoisotopic (exact) mass is 1230 g/mol. The highest BCUT2D eigenvalue weighted by molar-refractivity contribution is 5.71. The molecular weight excluding hydrogens is 1090 g/mol. The summed E-state index contributed by atoms with van der Waals surface area (Å²) in [6, 6.07) is 0. The van der Waals surface area contributed by atoms with E-state index in [4.69, 9.17) is 18.9 Å². The van der Waals surface area contributed by atoms with E-state index in [0.717, 1.165) is 96.3 Å². The maximum absolute atomic E-state index is 12.9. The first-order valence-corrected chi connectivity index (χ1v) is 36.6. The fourth-order valence-corrected chi connectivity index (χ4v) is 10.2. The van der Waals surface area contributed by atoms with E-state index in [0.29, 0.717) is 23.9 Å². The number of carboxylic acids is 1. The van der Waals surface area contributed by atoms with Crippen LogP contribution in [0.15, 0.2) is 109 Å². The van der Waals surface area contributed by atoms with Crippen molar-refractivity contribution in [2.75, 3.05) is 47.5 Å². The first-order chi connectivity index (χ1) is 43.1. The normalized spacial score (nSPS) is 13.3. The first-order valence-electron chi connectivity index (χ1n) is 36.6. The number of esters is 2. The van der Waals surface area contributed by atoms with E-state index >= 15 is 0 Å². The van der Waals surface area contributed by atoms with Gasteiger partial charge in [0.2, 0.25) is 0 Å². The van der Waals surface area contributed by atoms with Crippen LogP contribution < -0.4 is 0 Å². The zero-order valence-corrected chi connectivity index (χ0v) is 57.9. The summed E-state index contributed by atoms with van der Waals surface area (Å²) in [5.74, 6) is -2.05. The smallest absolute Gasteiger partial charge is 0.361 e. The Morgan fingerprint density at radius 3 is 0.966 bits per heavy atom. The number of carbonyl (C=O) groups excluding carboxylic acids is 2. The zero-order chi connectivity index (χ0) is 64.0. The van der Waals surface area contributed by atoms with Gasteiger partial charge in [-0.15, -0.1) is 0 Å². The molecule has 0 aromatic heterocycles. The molecule has 0 heterocycles. The van der Waals surface area contributed by atoms with Crippen LogP contribution in [0.2, 0.25) is 0 Å². The molecule has 0 saturated carbocycles. The summed E-state index contributed by atoms with van der Waals surface area (Å²) >= 11 is 0. The Hall–Kier alpha value is -4.05. The summed E-state index contributed by atoms with van der Waals surface area (Å²) in [6.45, 7) is 4.75. The molecule has 0 radical (unpaired) electrons. The lowest BCUT2D eigenvalue weighted by atomic mass is 10.0. The molecule has 88 heavy (non-hydrogen) atoms. The number of hydrogen-bond donors (Lipinski definition) is 1. The number of allylic oxidation sites excluding steroid dienone is 18. The van der Waals surface area contributed by atoms with Crippen LogP contribution in [0.4, 0.5) is 0 Å². The summed E-state index contributed by atoms with van der Waals surface area (Å²) in [5.41, 5.74) is 0. The summed E-state index contributed by atoms with van der Waals surface area (Å²) < 4.78 is 22.9. The van der Waals surface area contributed by atoms with E-state index in [-0.39, 0.29) is 32.2 Å². The lowest BCUT2D eigenvalue weighted by Crippen LogP contribution is -2.40. The molecule has 0 aliphatic heterocycles. The van der Waals surface area contributed by atoms with Crippen molar-refractivity contribution in [2.45, 2.75) is 328 Å². The Morgan fingerprint density at radius 2 is 0.648 bits per heavy atom. The number of aliphatic carboxylic acids is 1. The van der Waals surface area contributed by atoms with Crippen LogP contribution >= 0.6 is 0 Å². The number of ether oxygens (including phenoxy) is 4. The molecule has 9 nitrogen and oxygen atoms in total. The predicted octanol–water partition coefficient (Wildman–Crippen LogP) is 23.0. The van der Waals surface area contributed by atoms with Gasteiger partial charge in [0.25, 0.3) is 6.29 Å². The SMILES string of the molecule is CC/C=C\C/C=C\C/C=C\C/C=C\C/C=C\C/C=C\C/C=C\C/C=C\C/C=C\CCCCCC(=O)OC(COC(=O)CCCCCCCCCCCCCCCCCCCCCCCCCCCCCCCCCC)COC(OCC[N+](C)(C)C)C(=O)O. The summed E-state index contributed by atoms with van der Waals surface area (Å²) in [4.78, 5) is 37.6. The predicted molar refractivity (Wildman–Crippen MR) is 378 cm³/mol. The van der Waals surface area contributed by atoms with E-state index in [1.54, 1.807) is 0 Å². The molecule has 0 bridgehead atoms. The first kappa shape index (κ1) is 84.0. The third-order valence-corrected chi connectivity index (χ3v) is 15.8. The Balaban J connectivity index is 4.16. The summed E-state index contributed by atoms with van der Waals surface area (Å²) in [6.07, 6.45) is 93.7. The van der Waals surface area contributed by atoms with Gasteiger partial charge in [-0.2, -0.15) is 0 Å². The minimum Gasteiger partial charge on any atom is -0.477 e. The number of carbonyl (C=O) groups is 3. The molecule has 1 N–H and O–H groups in total. The molecule has 0 amide bonds. The number of hydrogen-bond acceptors (Lipinski definition) is 7. The third-order valence-electron chi connectivity index (χ3n) is 15.8. The second-order valence-corrected chi connectivity index (χ2v) is 25.5. The molecule has 2 unspecified atom stereocenters. The average molecular weight is 1230 g/mol. The fraction of sp³-hybridized carbons (Fsp3) is 0.734. The van der Waals surface area contributed by atoms with Crippen molar-refractivity contribution in [1.82, 2.24) is 0 Å². The number of unbranched alkanes of at least 4 members (excludes halogenated alkanes) is 34. The van der Waals surface area contributed by atoms with Gasteiger partial charge >= 0.3 is 17.9 Å². The van der Waals surface area contributed by atoms with E-state index < -0.39 is 24.3 Å². The van der Waals surface area contributed by atoms with Crippen LogP contribution in [-0.2, 0) is 33.3 Å². The Kier molecular flexibility index (Phi) is 65.7. The van der Waals surface area contributed by atoms with Crippen LogP contribution in [0.1, 0.15) is 316 Å². The van der Waals surface area contributed by atoms with Gasteiger partial charge < -0.3 is 28.5 Å². The van der Waals surface area contributed by atoms with E-state index in [9.17, 15) is 19.5 Å². The topological polar surface area (TPSA) is 108 Å². The zero-order valence-electron chi connectivity index (χ0n) is 57.9. The van der Waals surface area contributed by atoms with Crippen LogP contribution in [-0.4, -0.2) is 87.4 Å². The van der Waals surface area contributed by atoms with E-state index in [1.165, 1.54) is 186 Å². The van der Waals surface area contributed by atoms with E-state index in [1.807, 2.05) is 21.1 Å². The minimum atomic E-state index is -1.53. The van der Waals surface area contributed by atoms with Gasteiger partial charge in [-0.05, 0) is 83.5 Å². The van der Waals surface area contributed by atoms with Crippen LogP contribution in [0.5, 0.6) is 0 Å². The molecule has 0 fully saturated rings. The van der Waals surface area contributed by atoms with Gasteiger partial charge in [-0.25, -0.2) is 4.79 Å². The lowest BCUT2D eigenvalue weighted by Gasteiger charge is -2.25. The third kappa shape index (κ3) is 69.4. The van der Waals surface area contributed by atoms with Crippen molar-refractivity contribution in [2.24, 2.45) is 0 Å². The van der Waals surface area contributed by atoms with Gasteiger partial charge in [-0.1, -0.05) is 329 Å². The van der Waals surface area contributed by atoms with Gasteiger partial charge in [0.1, 0.15) is 13.2 Å². The Bertz CT molecular complexity index is 1810. The Morgan fingerprint density at radius 1 is 0.352 bits per heavy atom. The van der Waals surface area contributed by atoms with Crippen molar-refractivity contribution in [1.29, 1.82) is 0 Å².